The number of nitrogens with zero attached hydrogens (tertiary/aromatic N) is 1. The molecule has 0 unspecified atom stereocenters. The first kappa shape index (κ1) is 13.5. The van der Waals surface area contributed by atoms with Crippen molar-refractivity contribution in [2.45, 2.75) is 13.5 Å². The molecule has 2 rings (SSSR count). The van der Waals surface area contributed by atoms with Crippen LogP contribution < -0.4 is 5.32 Å². The summed E-state index contributed by atoms with van der Waals surface area (Å²) in [5.41, 5.74) is 2.82. The van der Waals surface area contributed by atoms with Gasteiger partial charge in [0.1, 0.15) is 0 Å². The molecule has 0 fully saturated rings. The average Bonchev–Trinajstić information content (AvgIpc) is 2.31. The highest BCUT2D eigenvalue weighted by molar-refractivity contribution is 6.35. The fourth-order valence-electron chi connectivity index (χ4n) is 1.59. The van der Waals surface area contributed by atoms with Crippen LogP contribution in [0.3, 0.4) is 0 Å². The van der Waals surface area contributed by atoms with Crippen molar-refractivity contribution < 1.29 is 0 Å². The zero-order valence-electron chi connectivity index (χ0n) is 9.67. The molecule has 0 saturated carbocycles. The predicted octanol–water partition coefficient (Wildman–Crippen LogP) is 4.96. The Labute approximate surface area is 121 Å². The van der Waals surface area contributed by atoms with E-state index in [4.69, 9.17) is 34.8 Å². The van der Waals surface area contributed by atoms with E-state index in [0.717, 1.165) is 16.8 Å². The molecule has 0 spiro atoms. The van der Waals surface area contributed by atoms with Crippen molar-refractivity contribution in [1.29, 1.82) is 0 Å². The molecule has 5 heteroatoms. The number of benzene rings is 1. The lowest BCUT2D eigenvalue weighted by molar-refractivity contribution is 1.12. The molecule has 0 bridgehead atoms. The van der Waals surface area contributed by atoms with E-state index in [1.807, 2.05) is 25.1 Å². The van der Waals surface area contributed by atoms with Gasteiger partial charge in [-0.3, -0.25) is 0 Å². The van der Waals surface area contributed by atoms with E-state index in [-0.39, 0.29) is 0 Å². The summed E-state index contributed by atoms with van der Waals surface area (Å²) < 4.78 is 0. The molecule has 1 N–H and O–H groups in total. The van der Waals surface area contributed by atoms with E-state index in [1.54, 1.807) is 12.3 Å². The Morgan fingerprint density at radius 1 is 1.17 bits per heavy atom. The molecule has 0 aliphatic carbocycles. The smallest absolute Gasteiger partial charge is 0.152 e. The molecule has 94 valence electrons. The van der Waals surface area contributed by atoms with Gasteiger partial charge in [0.15, 0.2) is 5.15 Å². The van der Waals surface area contributed by atoms with Gasteiger partial charge in [-0.25, -0.2) is 4.98 Å². The SMILES string of the molecule is Cc1ccnc(Cl)c1NCc1ccc(Cl)cc1Cl. The molecule has 0 amide bonds. The van der Waals surface area contributed by atoms with Crippen molar-refractivity contribution >= 4 is 40.5 Å². The number of aromatic nitrogens is 1. The van der Waals surface area contributed by atoms with Crippen LogP contribution in [0.5, 0.6) is 0 Å². The van der Waals surface area contributed by atoms with Gasteiger partial charge in [0.2, 0.25) is 0 Å². The lowest BCUT2D eigenvalue weighted by Gasteiger charge is -2.11. The Balaban J connectivity index is 2.16. The standard InChI is InChI=1S/C13H11Cl3N2/c1-8-4-5-17-13(16)12(8)18-7-9-2-3-10(14)6-11(9)15/h2-6,18H,7H2,1H3. The van der Waals surface area contributed by atoms with E-state index >= 15 is 0 Å². The first-order valence-corrected chi connectivity index (χ1v) is 6.50. The van der Waals surface area contributed by atoms with Crippen LogP contribution in [-0.2, 0) is 6.54 Å². The second kappa shape index (κ2) is 5.79. The van der Waals surface area contributed by atoms with Gasteiger partial charge in [-0.05, 0) is 36.2 Å². The van der Waals surface area contributed by atoms with Crippen LogP contribution in [0.2, 0.25) is 15.2 Å². The molecule has 1 heterocycles. The Morgan fingerprint density at radius 2 is 1.94 bits per heavy atom. The fraction of sp³-hybridized carbons (Fsp3) is 0.154. The molecule has 0 radical (unpaired) electrons. The molecule has 0 aliphatic rings. The number of halogens is 3. The summed E-state index contributed by atoms with van der Waals surface area (Å²) >= 11 is 18.0. The summed E-state index contributed by atoms with van der Waals surface area (Å²) in [7, 11) is 0. The highest BCUT2D eigenvalue weighted by Crippen LogP contribution is 2.26. The summed E-state index contributed by atoms with van der Waals surface area (Å²) in [5.74, 6) is 0. The van der Waals surface area contributed by atoms with E-state index in [1.165, 1.54) is 0 Å². The van der Waals surface area contributed by atoms with Gasteiger partial charge in [-0.1, -0.05) is 40.9 Å². The zero-order chi connectivity index (χ0) is 13.1. The third kappa shape index (κ3) is 3.08. The van der Waals surface area contributed by atoms with Gasteiger partial charge in [0.25, 0.3) is 0 Å². The molecule has 18 heavy (non-hydrogen) atoms. The lowest BCUT2D eigenvalue weighted by Crippen LogP contribution is -2.03. The normalized spacial score (nSPS) is 10.4. The van der Waals surface area contributed by atoms with Gasteiger partial charge < -0.3 is 5.32 Å². The minimum atomic E-state index is 0.458. The van der Waals surface area contributed by atoms with Crippen molar-refractivity contribution in [2.75, 3.05) is 5.32 Å². The molecular weight excluding hydrogens is 291 g/mol. The summed E-state index contributed by atoms with van der Waals surface area (Å²) in [4.78, 5) is 4.04. The van der Waals surface area contributed by atoms with Crippen molar-refractivity contribution in [3.63, 3.8) is 0 Å². The number of rotatable bonds is 3. The van der Waals surface area contributed by atoms with Crippen molar-refractivity contribution in [3.05, 3.63) is 56.8 Å². The zero-order valence-corrected chi connectivity index (χ0v) is 11.9. The number of pyridine rings is 1. The highest BCUT2D eigenvalue weighted by Gasteiger charge is 2.06. The van der Waals surface area contributed by atoms with E-state index in [2.05, 4.69) is 10.3 Å². The first-order valence-electron chi connectivity index (χ1n) is 5.37. The Bertz CT molecular complexity index is 550. The largest absolute Gasteiger partial charge is 0.378 e. The van der Waals surface area contributed by atoms with E-state index < -0.39 is 0 Å². The van der Waals surface area contributed by atoms with Crippen LogP contribution in [0, 0.1) is 6.92 Å². The number of anilines is 1. The fourth-order valence-corrected chi connectivity index (χ4v) is 2.33. The summed E-state index contributed by atoms with van der Waals surface area (Å²) in [6, 6.07) is 7.31. The molecule has 0 saturated heterocycles. The molecule has 1 aromatic heterocycles. The summed E-state index contributed by atoms with van der Waals surface area (Å²) in [5, 5.41) is 4.95. The first-order chi connectivity index (χ1) is 8.58. The van der Waals surface area contributed by atoms with Crippen LogP contribution >= 0.6 is 34.8 Å². The van der Waals surface area contributed by atoms with Crippen LogP contribution in [0.1, 0.15) is 11.1 Å². The maximum Gasteiger partial charge on any atom is 0.152 e. The van der Waals surface area contributed by atoms with Crippen molar-refractivity contribution in [3.8, 4) is 0 Å². The van der Waals surface area contributed by atoms with Crippen molar-refractivity contribution in [2.24, 2.45) is 0 Å². The van der Waals surface area contributed by atoms with E-state index in [9.17, 15) is 0 Å². The molecule has 0 aliphatic heterocycles. The van der Waals surface area contributed by atoms with Crippen LogP contribution in [0.15, 0.2) is 30.5 Å². The van der Waals surface area contributed by atoms with Crippen LogP contribution in [0.25, 0.3) is 0 Å². The minimum Gasteiger partial charge on any atom is -0.378 e. The second-order valence-electron chi connectivity index (χ2n) is 3.88. The van der Waals surface area contributed by atoms with Gasteiger partial charge in [-0.2, -0.15) is 0 Å². The quantitative estimate of drug-likeness (QED) is 0.810. The average molecular weight is 302 g/mol. The maximum absolute atomic E-state index is 6.10. The Kier molecular flexibility index (Phi) is 4.33. The number of hydrogen-bond acceptors (Lipinski definition) is 2. The number of hydrogen-bond donors (Lipinski definition) is 1. The lowest BCUT2D eigenvalue weighted by atomic mass is 10.2. The van der Waals surface area contributed by atoms with Gasteiger partial charge in [-0.15, -0.1) is 0 Å². The molecule has 0 atom stereocenters. The predicted molar refractivity (Wildman–Crippen MR) is 77.8 cm³/mol. The number of aryl methyl sites for hydroxylation is 1. The molecule has 2 nitrogen and oxygen atoms in total. The number of nitrogens with one attached hydrogen (secondary N) is 1. The maximum atomic E-state index is 6.10. The topological polar surface area (TPSA) is 24.9 Å². The summed E-state index contributed by atoms with van der Waals surface area (Å²) in [6.07, 6.45) is 1.68. The van der Waals surface area contributed by atoms with Gasteiger partial charge >= 0.3 is 0 Å². The Hall–Kier alpha value is -0.960. The molecular formula is C13H11Cl3N2. The van der Waals surface area contributed by atoms with Crippen LogP contribution in [0.4, 0.5) is 5.69 Å². The summed E-state index contributed by atoms with van der Waals surface area (Å²) in [6.45, 7) is 2.54. The van der Waals surface area contributed by atoms with Crippen LogP contribution in [-0.4, -0.2) is 4.98 Å². The van der Waals surface area contributed by atoms with Crippen molar-refractivity contribution in [1.82, 2.24) is 4.98 Å². The molecule has 2 aromatic rings. The second-order valence-corrected chi connectivity index (χ2v) is 5.08. The highest BCUT2D eigenvalue weighted by atomic mass is 35.5. The third-order valence-electron chi connectivity index (χ3n) is 2.58. The van der Waals surface area contributed by atoms with E-state index in [0.29, 0.717) is 21.7 Å². The van der Waals surface area contributed by atoms with Gasteiger partial charge in [0, 0.05) is 22.8 Å². The van der Waals surface area contributed by atoms with Gasteiger partial charge in [0.05, 0.1) is 5.69 Å². The molecule has 1 aromatic carbocycles. The third-order valence-corrected chi connectivity index (χ3v) is 3.46. The Morgan fingerprint density at radius 3 is 2.61 bits per heavy atom. The monoisotopic (exact) mass is 300 g/mol. The minimum absolute atomic E-state index is 0.458.